The average Bonchev–Trinajstić information content (AvgIpc) is 2.60. The topological polar surface area (TPSA) is 66.5 Å². The SMILES string of the molecule is CC[C@H]1CCCCN1C(=O)Nc1cccc2c(S(=O)(=O)Cl)cccc12. The molecule has 3 rings (SSSR count). The van der Waals surface area contributed by atoms with Crippen LogP contribution in [0.4, 0.5) is 10.5 Å². The fraction of sp³-hybridized carbons (Fsp3) is 0.389. The number of likely N-dealkylation sites (tertiary alicyclic amines) is 1. The highest BCUT2D eigenvalue weighted by molar-refractivity contribution is 8.14. The summed E-state index contributed by atoms with van der Waals surface area (Å²) in [6.07, 6.45) is 4.10. The molecule has 0 bridgehead atoms. The van der Waals surface area contributed by atoms with Crippen molar-refractivity contribution in [3.8, 4) is 0 Å². The van der Waals surface area contributed by atoms with Crippen LogP contribution in [-0.2, 0) is 9.05 Å². The van der Waals surface area contributed by atoms with Crippen molar-refractivity contribution >= 4 is 42.2 Å². The van der Waals surface area contributed by atoms with Gasteiger partial charge < -0.3 is 10.2 Å². The second-order valence-electron chi connectivity index (χ2n) is 6.28. The van der Waals surface area contributed by atoms with E-state index in [4.69, 9.17) is 10.7 Å². The Labute approximate surface area is 152 Å². The molecule has 1 aliphatic heterocycles. The molecular formula is C18H21ClN2O3S. The minimum absolute atomic E-state index is 0.0483. The number of benzene rings is 2. The van der Waals surface area contributed by atoms with Crippen LogP contribution in [0.5, 0.6) is 0 Å². The molecule has 7 heteroatoms. The van der Waals surface area contributed by atoms with Gasteiger partial charge in [-0.1, -0.05) is 31.2 Å². The molecule has 0 aliphatic carbocycles. The van der Waals surface area contributed by atoms with Crippen molar-refractivity contribution < 1.29 is 13.2 Å². The van der Waals surface area contributed by atoms with Crippen LogP contribution in [0.15, 0.2) is 41.3 Å². The number of rotatable bonds is 3. The predicted octanol–water partition coefficient (Wildman–Crippen LogP) is 4.56. The summed E-state index contributed by atoms with van der Waals surface area (Å²) in [5.74, 6) is 0. The average molecular weight is 381 g/mol. The monoisotopic (exact) mass is 380 g/mol. The van der Waals surface area contributed by atoms with Crippen molar-refractivity contribution in [2.24, 2.45) is 0 Å². The van der Waals surface area contributed by atoms with Gasteiger partial charge in [-0.15, -0.1) is 0 Å². The smallest absolute Gasteiger partial charge is 0.322 e. The van der Waals surface area contributed by atoms with Crippen LogP contribution < -0.4 is 5.32 Å². The Kier molecular flexibility index (Phi) is 5.20. The van der Waals surface area contributed by atoms with Crippen LogP contribution in [0.3, 0.4) is 0 Å². The molecule has 134 valence electrons. The molecule has 2 aromatic rings. The Morgan fingerprint density at radius 1 is 1.20 bits per heavy atom. The number of urea groups is 1. The number of nitrogens with one attached hydrogen (secondary N) is 1. The number of piperidine rings is 1. The van der Waals surface area contributed by atoms with E-state index in [2.05, 4.69) is 12.2 Å². The van der Waals surface area contributed by atoms with Crippen molar-refractivity contribution in [3.05, 3.63) is 36.4 Å². The van der Waals surface area contributed by atoms with Crippen LogP contribution in [0.1, 0.15) is 32.6 Å². The normalized spacial score (nSPS) is 18.3. The zero-order valence-corrected chi connectivity index (χ0v) is 15.6. The van der Waals surface area contributed by atoms with Gasteiger partial charge in [0.1, 0.15) is 0 Å². The van der Waals surface area contributed by atoms with Crippen molar-refractivity contribution in [2.75, 3.05) is 11.9 Å². The first-order valence-electron chi connectivity index (χ1n) is 8.46. The summed E-state index contributed by atoms with van der Waals surface area (Å²) < 4.78 is 23.6. The number of carbonyl (C=O) groups excluding carboxylic acids is 1. The van der Waals surface area contributed by atoms with Gasteiger partial charge in [0.2, 0.25) is 0 Å². The number of hydrogen-bond donors (Lipinski definition) is 1. The molecule has 2 aromatic carbocycles. The van der Waals surface area contributed by atoms with Crippen molar-refractivity contribution in [1.29, 1.82) is 0 Å². The number of anilines is 1. The lowest BCUT2D eigenvalue weighted by atomic mass is 10.0. The van der Waals surface area contributed by atoms with Crippen molar-refractivity contribution in [2.45, 2.75) is 43.5 Å². The summed E-state index contributed by atoms with van der Waals surface area (Å²) in [5.41, 5.74) is 0.588. The second-order valence-corrected chi connectivity index (χ2v) is 8.81. The van der Waals surface area contributed by atoms with Gasteiger partial charge in [-0.2, -0.15) is 0 Å². The van der Waals surface area contributed by atoms with Crippen LogP contribution >= 0.6 is 10.7 Å². The zero-order chi connectivity index (χ0) is 18.0. The largest absolute Gasteiger partial charge is 0.322 e. The van der Waals surface area contributed by atoms with Crippen LogP contribution in [-0.4, -0.2) is 31.9 Å². The Morgan fingerprint density at radius 2 is 1.92 bits per heavy atom. The van der Waals surface area contributed by atoms with Crippen LogP contribution in [0, 0.1) is 0 Å². The first kappa shape index (κ1) is 18.0. The van der Waals surface area contributed by atoms with Crippen LogP contribution in [0.2, 0.25) is 0 Å². The Bertz CT molecular complexity index is 898. The molecule has 1 atom stereocenters. The molecule has 0 saturated carbocycles. The summed E-state index contributed by atoms with van der Waals surface area (Å²) in [4.78, 5) is 14.7. The number of hydrogen-bond acceptors (Lipinski definition) is 3. The van der Waals surface area contributed by atoms with E-state index < -0.39 is 9.05 Å². The highest BCUT2D eigenvalue weighted by Crippen LogP contribution is 2.31. The van der Waals surface area contributed by atoms with Gasteiger partial charge in [0.25, 0.3) is 9.05 Å². The summed E-state index contributed by atoms with van der Waals surface area (Å²) in [6.45, 7) is 2.84. The highest BCUT2D eigenvalue weighted by atomic mass is 35.7. The molecule has 1 aliphatic rings. The molecule has 5 nitrogen and oxygen atoms in total. The molecule has 25 heavy (non-hydrogen) atoms. The van der Waals surface area contributed by atoms with Crippen LogP contribution in [0.25, 0.3) is 10.8 Å². The molecule has 0 unspecified atom stereocenters. The summed E-state index contributed by atoms with van der Waals surface area (Å²) in [7, 11) is 1.67. The molecule has 0 radical (unpaired) electrons. The number of fused-ring (bicyclic) bond motifs is 1. The maximum absolute atomic E-state index is 12.7. The number of carbonyl (C=O) groups is 1. The van der Waals surface area contributed by atoms with E-state index in [0.29, 0.717) is 16.5 Å². The minimum Gasteiger partial charge on any atom is -0.322 e. The standard InChI is InChI=1S/C18H21ClN2O3S/c1-2-13-7-3-4-12-21(13)18(22)20-16-10-5-9-15-14(16)8-6-11-17(15)25(19,23)24/h5-6,8-11,13H,2-4,7,12H2,1H3,(H,20,22)/t13-/m0/s1. The van der Waals surface area contributed by atoms with E-state index in [1.165, 1.54) is 6.07 Å². The number of amides is 2. The Morgan fingerprint density at radius 3 is 2.64 bits per heavy atom. The maximum atomic E-state index is 12.7. The van der Waals surface area contributed by atoms with Crippen molar-refractivity contribution in [3.63, 3.8) is 0 Å². The lowest BCUT2D eigenvalue weighted by Crippen LogP contribution is -2.45. The lowest BCUT2D eigenvalue weighted by Gasteiger charge is -2.35. The number of nitrogens with zero attached hydrogens (tertiary/aromatic N) is 1. The minimum atomic E-state index is -3.86. The number of halogens is 1. The van der Waals surface area contributed by atoms with Gasteiger partial charge in [-0.3, -0.25) is 0 Å². The summed E-state index contributed by atoms with van der Waals surface area (Å²) in [5, 5.41) is 4.10. The van der Waals surface area contributed by atoms with Gasteiger partial charge in [0.05, 0.1) is 10.6 Å². The molecule has 0 spiro atoms. The Balaban J connectivity index is 1.95. The van der Waals surface area contributed by atoms with E-state index in [1.54, 1.807) is 30.3 Å². The molecule has 1 fully saturated rings. The van der Waals surface area contributed by atoms with Gasteiger partial charge in [0.15, 0.2) is 0 Å². The first-order chi connectivity index (χ1) is 11.9. The third kappa shape index (κ3) is 3.75. The van der Waals surface area contributed by atoms with Gasteiger partial charge in [-0.25, -0.2) is 13.2 Å². The zero-order valence-electron chi connectivity index (χ0n) is 14.0. The molecule has 2 amide bonds. The van der Waals surface area contributed by atoms with Gasteiger partial charge in [-0.05, 0) is 37.8 Å². The maximum Gasteiger partial charge on any atom is 0.322 e. The fourth-order valence-electron chi connectivity index (χ4n) is 3.48. The van der Waals surface area contributed by atoms with E-state index in [9.17, 15) is 13.2 Å². The molecule has 1 N–H and O–H groups in total. The molecule has 0 aromatic heterocycles. The third-order valence-electron chi connectivity index (χ3n) is 4.75. The van der Waals surface area contributed by atoms with Gasteiger partial charge >= 0.3 is 6.03 Å². The fourth-order valence-corrected chi connectivity index (χ4v) is 4.57. The molecule has 1 saturated heterocycles. The molecular weight excluding hydrogens is 360 g/mol. The van der Waals surface area contributed by atoms with E-state index in [-0.39, 0.29) is 17.0 Å². The Hall–Kier alpha value is -1.79. The van der Waals surface area contributed by atoms with Crippen molar-refractivity contribution in [1.82, 2.24) is 4.90 Å². The third-order valence-corrected chi connectivity index (χ3v) is 6.13. The molecule has 1 heterocycles. The predicted molar refractivity (Wildman–Crippen MR) is 101 cm³/mol. The quantitative estimate of drug-likeness (QED) is 0.793. The van der Waals surface area contributed by atoms with E-state index in [1.807, 2.05) is 4.90 Å². The first-order valence-corrected chi connectivity index (χ1v) is 10.8. The van der Waals surface area contributed by atoms with Gasteiger partial charge in [0, 0.05) is 34.0 Å². The van der Waals surface area contributed by atoms with E-state index in [0.717, 1.165) is 32.2 Å². The highest BCUT2D eigenvalue weighted by Gasteiger charge is 2.25. The summed E-state index contributed by atoms with van der Waals surface area (Å²) in [6, 6.07) is 10.2. The lowest BCUT2D eigenvalue weighted by molar-refractivity contribution is 0.160. The summed E-state index contributed by atoms with van der Waals surface area (Å²) >= 11 is 0. The van der Waals surface area contributed by atoms with E-state index >= 15 is 0 Å². The second kappa shape index (κ2) is 7.22.